The first-order chi connectivity index (χ1) is 12.5. The summed E-state index contributed by atoms with van der Waals surface area (Å²) in [6.07, 6.45) is -0.404. The molecule has 3 aromatic rings. The second kappa shape index (κ2) is 6.30. The van der Waals surface area contributed by atoms with Crippen molar-refractivity contribution in [1.82, 2.24) is 0 Å². The van der Waals surface area contributed by atoms with Gasteiger partial charge in [0.15, 0.2) is 0 Å². The highest BCUT2D eigenvalue weighted by atomic mass is 19.1. The van der Waals surface area contributed by atoms with E-state index in [1.807, 2.05) is 50.2 Å². The molecule has 1 atom stereocenters. The fraction of sp³-hybridized carbons (Fsp3) is 0.136. The molecule has 4 heteroatoms. The Bertz CT molecular complexity index is 961. The molecule has 1 amide bonds. The Balaban J connectivity index is 1.88. The number of hydrogen-bond donors (Lipinski definition) is 1. The Morgan fingerprint density at radius 1 is 0.923 bits per heavy atom. The number of anilines is 2. The minimum absolute atomic E-state index is 0.0707. The quantitative estimate of drug-likeness (QED) is 0.690. The molecule has 1 N–H and O–H groups in total. The number of para-hydroxylation sites is 1. The second-order valence-electron chi connectivity index (χ2n) is 6.67. The molecule has 130 valence electrons. The van der Waals surface area contributed by atoms with Crippen molar-refractivity contribution in [3.63, 3.8) is 0 Å². The summed E-state index contributed by atoms with van der Waals surface area (Å²) < 4.78 is 13.4. The number of rotatable bonds is 2. The van der Waals surface area contributed by atoms with Crippen molar-refractivity contribution in [2.45, 2.75) is 20.0 Å². The van der Waals surface area contributed by atoms with E-state index < -0.39 is 6.17 Å². The maximum Gasteiger partial charge on any atom is 0.262 e. The maximum absolute atomic E-state index is 13.4. The van der Waals surface area contributed by atoms with Gasteiger partial charge in [-0.05, 0) is 66.9 Å². The molecule has 0 spiro atoms. The molecule has 0 fully saturated rings. The molecule has 0 saturated heterocycles. The van der Waals surface area contributed by atoms with Crippen LogP contribution in [0, 0.1) is 19.7 Å². The van der Waals surface area contributed by atoms with Crippen LogP contribution in [0.3, 0.4) is 0 Å². The summed E-state index contributed by atoms with van der Waals surface area (Å²) in [4.78, 5) is 15.0. The van der Waals surface area contributed by atoms with E-state index in [0.717, 1.165) is 28.1 Å². The number of carbonyl (C=O) groups is 1. The van der Waals surface area contributed by atoms with E-state index in [4.69, 9.17) is 0 Å². The Hall–Kier alpha value is -3.14. The summed E-state index contributed by atoms with van der Waals surface area (Å²) in [5.74, 6) is -0.368. The predicted molar refractivity (Wildman–Crippen MR) is 102 cm³/mol. The van der Waals surface area contributed by atoms with Crippen molar-refractivity contribution in [2.75, 3.05) is 10.2 Å². The van der Waals surface area contributed by atoms with Crippen LogP contribution in [-0.2, 0) is 0 Å². The summed E-state index contributed by atoms with van der Waals surface area (Å²) in [5, 5.41) is 3.43. The molecule has 3 nitrogen and oxygen atoms in total. The van der Waals surface area contributed by atoms with Crippen molar-refractivity contribution in [3.05, 3.63) is 94.8 Å². The van der Waals surface area contributed by atoms with Gasteiger partial charge in [-0.2, -0.15) is 0 Å². The van der Waals surface area contributed by atoms with Crippen molar-refractivity contribution in [2.24, 2.45) is 0 Å². The van der Waals surface area contributed by atoms with Gasteiger partial charge in [0, 0.05) is 11.4 Å². The average Bonchev–Trinajstić information content (AvgIpc) is 2.61. The fourth-order valence-electron chi connectivity index (χ4n) is 3.49. The van der Waals surface area contributed by atoms with E-state index in [9.17, 15) is 9.18 Å². The lowest BCUT2D eigenvalue weighted by Crippen LogP contribution is -2.43. The molecule has 4 rings (SSSR count). The number of carbonyl (C=O) groups excluding carboxylic acids is 1. The summed E-state index contributed by atoms with van der Waals surface area (Å²) in [7, 11) is 0. The zero-order chi connectivity index (χ0) is 18.3. The standard InChI is InChI=1S/C22H19FN2O/c1-14-11-15(2)13-18(12-14)25-21(16-7-9-17(23)10-8-16)24-20-6-4-3-5-19(20)22(25)26/h3-13,21,24H,1-2H3/t21-/m1/s1. The third kappa shape index (κ3) is 2.84. The van der Waals surface area contributed by atoms with Crippen LogP contribution in [0.4, 0.5) is 15.8 Å². The zero-order valence-electron chi connectivity index (χ0n) is 14.7. The van der Waals surface area contributed by atoms with E-state index in [1.54, 1.807) is 17.0 Å². The fourth-order valence-corrected chi connectivity index (χ4v) is 3.49. The predicted octanol–water partition coefficient (Wildman–Crippen LogP) is 5.21. The summed E-state index contributed by atoms with van der Waals surface area (Å²) in [5.41, 5.74) is 5.24. The maximum atomic E-state index is 13.4. The molecular weight excluding hydrogens is 327 g/mol. The van der Waals surface area contributed by atoms with Crippen molar-refractivity contribution < 1.29 is 9.18 Å². The van der Waals surface area contributed by atoms with Gasteiger partial charge >= 0.3 is 0 Å². The normalized spacial score (nSPS) is 16.2. The number of aryl methyl sites for hydroxylation is 2. The molecule has 1 aliphatic heterocycles. The Morgan fingerprint density at radius 3 is 2.27 bits per heavy atom. The van der Waals surface area contributed by atoms with E-state index in [0.29, 0.717) is 5.56 Å². The first-order valence-corrected chi connectivity index (χ1v) is 8.56. The smallest absolute Gasteiger partial charge is 0.262 e. The van der Waals surface area contributed by atoms with Crippen LogP contribution >= 0.6 is 0 Å². The van der Waals surface area contributed by atoms with Crippen LogP contribution in [0.2, 0.25) is 0 Å². The Labute approximate surface area is 152 Å². The minimum Gasteiger partial charge on any atom is -0.360 e. The molecule has 1 heterocycles. The van der Waals surface area contributed by atoms with E-state index in [2.05, 4.69) is 11.4 Å². The summed E-state index contributed by atoms with van der Waals surface area (Å²) in [6.45, 7) is 4.03. The SMILES string of the molecule is Cc1cc(C)cc(N2C(=O)c3ccccc3N[C@H]2c2ccc(F)cc2)c1. The highest BCUT2D eigenvalue weighted by Gasteiger charge is 2.34. The molecule has 0 radical (unpaired) electrons. The lowest BCUT2D eigenvalue weighted by atomic mass is 10.0. The van der Waals surface area contributed by atoms with Gasteiger partial charge in [0.2, 0.25) is 0 Å². The van der Waals surface area contributed by atoms with Crippen molar-refractivity contribution >= 4 is 17.3 Å². The zero-order valence-corrected chi connectivity index (χ0v) is 14.7. The molecule has 0 unspecified atom stereocenters. The largest absolute Gasteiger partial charge is 0.360 e. The molecular formula is C22H19FN2O. The topological polar surface area (TPSA) is 32.3 Å². The highest BCUT2D eigenvalue weighted by Crippen LogP contribution is 2.37. The van der Waals surface area contributed by atoms with Gasteiger partial charge in [0.1, 0.15) is 12.0 Å². The number of nitrogens with one attached hydrogen (secondary N) is 1. The molecule has 0 aromatic heterocycles. The Morgan fingerprint density at radius 2 is 1.58 bits per heavy atom. The van der Waals surface area contributed by atoms with E-state index in [1.165, 1.54) is 12.1 Å². The first kappa shape index (κ1) is 16.3. The van der Waals surface area contributed by atoms with Crippen LogP contribution in [-0.4, -0.2) is 5.91 Å². The van der Waals surface area contributed by atoms with Crippen molar-refractivity contribution in [3.8, 4) is 0 Å². The molecule has 0 bridgehead atoms. The second-order valence-corrected chi connectivity index (χ2v) is 6.67. The number of hydrogen-bond acceptors (Lipinski definition) is 2. The van der Waals surface area contributed by atoms with E-state index in [-0.39, 0.29) is 11.7 Å². The molecule has 3 aromatic carbocycles. The Kier molecular flexibility index (Phi) is 3.96. The lowest BCUT2D eigenvalue weighted by molar-refractivity contribution is 0.0975. The number of benzene rings is 3. The molecule has 26 heavy (non-hydrogen) atoms. The van der Waals surface area contributed by atoms with Gasteiger partial charge in [-0.3, -0.25) is 9.69 Å². The van der Waals surface area contributed by atoms with Gasteiger partial charge in [0.05, 0.1) is 5.56 Å². The number of amides is 1. The highest BCUT2D eigenvalue weighted by molar-refractivity contribution is 6.12. The third-order valence-electron chi connectivity index (χ3n) is 4.60. The van der Waals surface area contributed by atoms with Gasteiger partial charge in [-0.1, -0.05) is 30.3 Å². The average molecular weight is 346 g/mol. The van der Waals surface area contributed by atoms with Gasteiger partial charge < -0.3 is 5.32 Å². The van der Waals surface area contributed by atoms with Gasteiger partial charge in [0.25, 0.3) is 5.91 Å². The van der Waals surface area contributed by atoms with Crippen LogP contribution in [0.15, 0.2) is 66.7 Å². The van der Waals surface area contributed by atoms with Crippen LogP contribution in [0.1, 0.15) is 33.2 Å². The lowest BCUT2D eigenvalue weighted by Gasteiger charge is -2.38. The van der Waals surface area contributed by atoms with Crippen LogP contribution < -0.4 is 10.2 Å². The van der Waals surface area contributed by atoms with Crippen LogP contribution in [0.25, 0.3) is 0 Å². The van der Waals surface area contributed by atoms with Gasteiger partial charge in [-0.15, -0.1) is 0 Å². The summed E-state index contributed by atoms with van der Waals surface area (Å²) >= 11 is 0. The number of halogens is 1. The molecule has 0 aliphatic carbocycles. The summed E-state index contributed by atoms with van der Waals surface area (Å²) in [6, 6.07) is 19.8. The molecule has 0 saturated carbocycles. The number of fused-ring (bicyclic) bond motifs is 1. The number of nitrogens with zero attached hydrogens (tertiary/aromatic N) is 1. The van der Waals surface area contributed by atoms with Crippen LogP contribution in [0.5, 0.6) is 0 Å². The van der Waals surface area contributed by atoms with Gasteiger partial charge in [-0.25, -0.2) is 4.39 Å². The monoisotopic (exact) mass is 346 g/mol. The first-order valence-electron chi connectivity index (χ1n) is 8.56. The molecule has 1 aliphatic rings. The minimum atomic E-state index is -0.404. The van der Waals surface area contributed by atoms with Crippen molar-refractivity contribution in [1.29, 1.82) is 0 Å². The van der Waals surface area contributed by atoms with E-state index >= 15 is 0 Å². The third-order valence-corrected chi connectivity index (χ3v) is 4.60.